The fourth-order valence-electron chi connectivity index (χ4n) is 2.10. The number of benzene rings is 2. The van der Waals surface area contributed by atoms with Gasteiger partial charge in [-0.05, 0) is 42.5 Å². The van der Waals surface area contributed by atoms with E-state index in [4.69, 9.17) is 4.74 Å². The molecule has 0 spiro atoms. The van der Waals surface area contributed by atoms with Crippen molar-refractivity contribution in [2.24, 2.45) is 0 Å². The number of halogens is 1. The van der Waals surface area contributed by atoms with E-state index in [1.165, 1.54) is 0 Å². The maximum absolute atomic E-state index is 12.2. The van der Waals surface area contributed by atoms with Gasteiger partial charge in [0.25, 0.3) is 5.91 Å². The number of nitrogens with one attached hydrogen (secondary N) is 1. The highest BCUT2D eigenvalue weighted by atomic mass is 79.9. The van der Waals surface area contributed by atoms with E-state index in [0.717, 1.165) is 21.1 Å². The number of methoxy groups -OCH3 is 1. The summed E-state index contributed by atoms with van der Waals surface area (Å²) in [7, 11) is 1.62. The van der Waals surface area contributed by atoms with E-state index >= 15 is 0 Å². The third kappa shape index (κ3) is 3.09. The first kappa shape index (κ1) is 14.5. The molecule has 3 rings (SSSR count). The van der Waals surface area contributed by atoms with Crippen LogP contribution in [-0.2, 0) is 0 Å². The fourth-order valence-corrected chi connectivity index (χ4v) is 2.37. The normalized spacial score (nSPS) is 10.5. The Hall–Kier alpha value is -2.40. The van der Waals surface area contributed by atoms with Crippen LogP contribution in [0.4, 0.5) is 5.69 Å². The van der Waals surface area contributed by atoms with Crippen LogP contribution in [0.1, 0.15) is 10.4 Å². The summed E-state index contributed by atoms with van der Waals surface area (Å²) in [6, 6.07) is 14.7. The standard InChI is InChI=1S/C17H13BrN2O2/c1-22-15-7-4-12-8-14(10-19-16(12)9-15)20-17(21)11-2-5-13(18)6-3-11/h2-10H,1H3,(H,20,21). The van der Waals surface area contributed by atoms with Crippen LogP contribution in [0, 0.1) is 0 Å². The van der Waals surface area contributed by atoms with Crippen molar-refractivity contribution in [2.75, 3.05) is 12.4 Å². The molecule has 0 saturated heterocycles. The van der Waals surface area contributed by atoms with Gasteiger partial charge in [-0.25, -0.2) is 0 Å². The Morgan fingerprint density at radius 3 is 2.64 bits per heavy atom. The lowest BCUT2D eigenvalue weighted by molar-refractivity contribution is 0.102. The van der Waals surface area contributed by atoms with Crippen LogP contribution in [0.25, 0.3) is 10.9 Å². The lowest BCUT2D eigenvalue weighted by atomic mass is 10.2. The van der Waals surface area contributed by atoms with Gasteiger partial charge >= 0.3 is 0 Å². The molecule has 0 atom stereocenters. The molecule has 0 aliphatic rings. The monoisotopic (exact) mass is 356 g/mol. The minimum absolute atomic E-state index is 0.165. The summed E-state index contributed by atoms with van der Waals surface area (Å²) in [6.45, 7) is 0. The van der Waals surface area contributed by atoms with Crippen molar-refractivity contribution in [3.63, 3.8) is 0 Å². The van der Waals surface area contributed by atoms with Crippen LogP contribution in [0.15, 0.2) is 59.2 Å². The summed E-state index contributed by atoms with van der Waals surface area (Å²) in [6.07, 6.45) is 1.64. The Balaban J connectivity index is 1.84. The lowest BCUT2D eigenvalue weighted by Gasteiger charge is -2.07. The van der Waals surface area contributed by atoms with E-state index in [1.54, 1.807) is 25.4 Å². The van der Waals surface area contributed by atoms with Crippen molar-refractivity contribution in [2.45, 2.75) is 0 Å². The number of carbonyl (C=O) groups is 1. The van der Waals surface area contributed by atoms with Crippen LogP contribution in [0.5, 0.6) is 5.75 Å². The Morgan fingerprint density at radius 2 is 1.91 bits per heavy atom. The van der Waals surface area contributed by atoms with Crippen LogP contribution < -0.4 is 10.1 Å². The van der Waals surface area contributed by atoms with E-state index in [9.17, 15) is 4.79 Å². The van der Waals surface area contributed by atoms with Gasteiger partial charge in [0.1, 0.15) is 5.75 Å². The molecule has 0 saturated carbocycles. The number of aromatic nitrogens is 1. The van der Waals surface area contributed by atoms with E-state index < -0.39 is 0 Å². The average Bonchev–Trinajstić information content (AvgIpc) is 2.55. The molecule has 1 N–H and O–H groups in total. The molecular formula is C17H13BrN2O2. The van der Waals surface area contributed by atoms with Gasteiger partial charge in [-0.2, -0.15) is 0 Å². The van der Waals surface area contributed by atoms with Gasteiger partial charge in [0.2, 0.25) is 0 Å². The van der Waals surface area contributed by atoms with Gasteiger partial charge in [-0.15, -0.1) is 0 Å². The van der Waals surface area contributed by atoms with Gasteiger partial charge in [0.05, 0.1) is 24.5 Å². The fraction of sp³-hybridized carbons (Fsp3) is 0.0588. The smallest absolute Gasteiger partial charge is 0.255 e. The zero-order valence-electron chi connectivity index (χ0n) is 11.8. The zero-order chi connectivity index (χ0) is 15.5. The largest absolute Gasteiger partial charge is 0.497 e. The van der Waals surface area contributed by atoms with Crippen LogP contribution in [0.3, 0.4) is 0 Å². The number of nitrogens with zero attached hydrogens (tertiary/aromatic N) is 1. The second-order valence-electron chi connectivity index (χ2n) is 4.74. The first-order valence-corrected chi connectivity index (χ1v) is 7.46. The number of anilines is 1. The van der Waals surface area contributed by atoms with Gasteiger partial charge in [-0.1, -0.05) is 15.9 Å². The number of fused-ring (bicyclic) bond motifs is 1. The Bertz CT molecular complexity index is 832. The van der Waals surface area contributed by atoms with Crippen LogP contribution in [0.2, 0.25) is 0 Å². The van der Waals surface area contributed by atoms with Crippen molar-refractivity contribution in [3.8, 4) is 5.75 Å². The molecule has 5 heteroatoms. The number of carbonyl (C=O) groups excluding carboxylic acids is 1. The van der Waals surface area contributed by atoms with Gasteiger partial charge < -0.3 is 10.1 Å². The SMILES string of the molecule is COc1ccc2cc(NC(=O)c3ccc(Br)cc3)cnc2c1. The quantitative estimate of drug-likeness (QED) is 0.762. The van der Waals surface area contributed by atoms with Crippen molar-refractivity contribution >= 4 is 38.4 Å². The second kappa shape index (κ2) is 6.15. The van der Waals surface area contributed by atoms with Gasteiger partial charge in [0, 0.05) is 21.5 Å². The third-order valence-corrected chi connectivity index (χ3v) is 3.78. The number of ether oxygens (including phenoxy) is 1. The van der Waals surface area contributed by atoms with Crippen molar-refractivity contribution in [1.82, 2.24) is 4.98 Å². The maximum Gasteiger partial charge on any atom is 0.255 e. The number of pyridine rings is 1. The molecule has 22 heavy (non-hydrogen) atoms. The summed E-state index contributed by atoms with van der Waals surface area (Å²) < 4.78 is 6.11. The Morgan fingerprint density at radius 1 is 1.14 bits per heavy atom. The maximum atomic E-state index is 12.2. The highest BCUT2D eigenvalue weighted by Gasteiger charge is 2.07. The molecule has 0 aliphatic heterocycles. The van der Waals surface area contributed by atoms with Crippen LogP contribution >= 0.6 is 15.9 Å². The second-order valence-corrected chi connectivity index (χ2v) is 5.66. The van der Waals surface area contributed by atoms with Crippen molar-refractivity contribution < 1.29 is 9.53 Å². The summed E-state index contributed by atoms with van der Waals surface area (Å²) in [5, 5.41) is 3.79. The van der Waals surface area contributed by atoms with E-state index in [-0.39, 0.29) is 5.91 Å². The minimum Gasteiger partial charge on any atom is -0.497 e. The van der Waals surface area contributed by atoms with Crippen molar-refractivity contribution in [1.29, 1.82) is 0 Å². The number of rotatable bonds is 3. The predicted molar refractivity (Wildman–Crippen MR) is 90.4 cm³/mol. The molecule has 2 aromatic carbocycles. The molecule has 0 unspecified atom stereocenters. The summed E-state index contributed by atoms with van der Waals surface area (Å²) in [5.41, 5.74) is 2.07. The summed E-state index contributed by atoms with van der Waals surface area (Å²) in [4.78, 5) is 16.5. The topological polar surface area (TPSA) is 51.2 Å². The zero-order valence-corrected chi connectivity index (χ0v) is 13.4. The predicted octanol–water partition coefficient (Wildman–Crippen LogP) is 4.26. The van der Waals surface area contributed by atoms with Gasteiger partial charge in [-0.3, -0.25) is 9.78 Å². The number of amides is 1. The minimum atomic E-state index is -0.165. The van der Waals surface area contributed by atoms with Gasteiger partial charge in [0.15, 0.2) is 0 Å². The Labute approximate surface area is 136 Å². The Kier molecular flexibility index (Phi) is 4.06. The molecule has 3 aromatic rings. The van der Waals surface area contributed by atoms with E-state index in [0.29, 0.717) is 11.3 Å². The molecule has 1 amide bonds. The first-order valence-electron chi connectivity index (χ1n) is 6.66. The number of hydrogen-bond acceptors (Lipinski definition) is 3. The molecule has 1 heterocycles. The third-order valence-electron chi connectivity index (χ3n) is 3.26. The highest BCUT2D eigenvalue weighted by molar-refractivity contribution is 9.10. The van der Waals surface area contributed by atoms with Crippen LogP contribution in [-0.4, -0.2) is 18.0 Å². The first-order chi connectivity index (χ1) is 10.7. The molecule has 1 aromatic heterocycles. The molecule has 0 aliphatic carbocycles. The molecule has 0 radical (unpaired) electrons. The molecule has 0 bridgehead atoms. The van der Waals surface area contributed by atoms with E-state index in [2.05, 4.69) is 26.2 Å². The average molecular weight is 357 g/mol. The highest BCUT2D eigenvalue weighted by Crippen LogP contribution is 2.22. The molecule has 0 fully saturated rings. The molecule has 110 valence electrons. The molecular weight excluding hydrogens is 344 g/mol. The summed E-state index contributed by atoms with van der Waals surface area (Å²) in [5.74, 6) is 0.591. The van der Waals surface area contributed by atoms with Crippen molar-refractivity contribution in [3.05, 3.63) is 64.8 Å². The summed E-state index contributed by atoms with van der Waals surface area (Å²) >= 11 is 3.35. The lowest BCUT2D eigenvalue weighted by Crippen LogP contribution is -2.11. The molecule has 4 nitrogen and oxygen atoms in total. The number of hydrogen-bond donors (Lipinski definition) is 1. The van der Waals surface area contributed by atoms with E-state index in [1.807, 2.05) is 36.4 Å².